The Kier molecular flexibility index (Phi) is 12.7. The molecule has 8 heteroatoms. The Morgan fingerprint density at radius 3 is 2.64 bits per heavy atom. The number of guanidine groups is 1. The monoisotopic (exact) mass is 516 g/mol. The second kappa shape index (κ2) is 14.5. The summed E-state index contributed by atoms with van der Waals surface area (Å²) in [5.41, 5.74) is 0.975. The van der Waals surface area contributed by atoms with E-state index in [2.05, 4.69) is 51.8 Å². The van der Waals surface area contributed by atoms with Gasteiger partial charge in [-0.05, 0) is 18.2 Å². The van der Waals surface area contributed by atoms with Crippen molar-refractivity contribution in [3.63, 3.8) is 0 Å². The number of nitrogens with one attached hydrogen (secondary N) is 2. The minimum Gasteiger partial charge on any atom is -0.475 e. The molecule has 0 aliphatic heterocycles. The van der Waals surface area contributed by atoms with Crippen molar-refractivity contribution < 1.29 is 9.47 Å². The molecule has 1 atom stereocenters. The van der Waals surface area contributed by atoms with Gasteiger partial charge in [-0.1, -0.05) is 31.2 Å². The zero-order chi connectivity index (χ0) is 19.3. The summed E-state index contributed by atoms with van der Waals surface area (Å²) in [5, 5.41) is 7.10. The van der Waals surface area contributed by atoms with E-state index >= 15 is 0 Å². The molecular weight excluding hydrogens is 487 g/mol. The van der Waals surface area contributed by atoms with Gasteiger partial charge < -0.3 is 20.1 Å². The van der Waals surface area contributed by atoms with Crippen molar-refractivity contribution in [2.24, 2.45) is 4.99 Å². The standard InChI is InChI=1S/C20H28N4O2S.HI/c1-16(27-18-9-5-4-6-10-18)14-23-20(21-2)24-15-17-8-7-11-22-19(17)26-13-12-25-3;/h4-11,16H,12-15H2,1-3H3,(H2,21,23,24);1H. The molecule has 154 valence electrons. The molecule has 0 saturated carbocycles. The van der Waals surface area contributed by atoms with Gasteiger partial charge in [-0.3, -0.25) is 4.99 Å². The molecule has 1 heterocycles. The number of thioether (sulfide) groups is 1. The van der Waals surface area contributed by atoms with Gasteiger partial charge in [0.15, 0.2) is 5.96 Å². The number of aliphatic imine (C=N–C) groups is 1. The van der Waals surface area contributed by atoms with Crippen LogP contribution in [-0.2, 0) is 11.3 Å². The van der Waals surface area contributed by atoms with E-state index in [1.54, 1.807) is 20.4 Å². The summed E-state index contributed by atoms with van der Waals surface area (Å²) in [6.45, 7) is 4.59. The lowest BCUT2D eigenvalue weighted by molar-refractivity contribution is 0.143. The second-order valence-electron chi connectivity index (χ2n) is 5.86. The van der Waals surface area contributed by atoms with Gasteiger partial charge in [0.05, 0.1) is 6.61 Å². The van der Waals surface area contributed by atoms with Crippen molar-refractivity contribution in [3.8, 4) is 5.88 Å². The Morgan fingerprint density at radius 1 is 1.14 bits per heavy atom. The Hall–Kier alpha value is -1.52. The molecule has 1 aromatic carbocycles. The fourth-order valence-corrected chi connectivity index (χ4v) is 3.27. The van der Waals surface area contributed by atoms with Crippen molar-refractivity contribution in [2.75, 3.05) is 33.9 Å². The lowest BCUT2D eigenvalue weighted by atomic mass is 10.2. The van der Waals surface area contributed by atoms with Crippen LogP contribution in [-0.4, -0.2) is 50.1 Å². The van der Waals surface area contributed by atoms with Crippen molar-refractivity contribution in [2.45, 2.75) is 23.6 Å². The van der Waals surface area contributed by atoms with Crippen molar-refractivity contribution >= 4 is 41.7 Å². The van der Waals surface area contributed by atoms with E-state index in [-0.39, 0.29) is 24.0 Å². The van der Waals surface area contributed by atoms with Crippen LogP contribution in [0.4, 0.5) is 0 Å². The number of hydrogen-bond acceptors (Lipinski definition) is 5. The topological polar surface area (TPSA) is 67.8 Å². The van der Waals surface area contributed by atoms with E-state index in [1.165, 1.54) is 4.90 Å². The smallest absolute Gasteiger partial charge is 0.218 e. The zero-order valence-corrected chi connectivity index (χ0v) is 19.7. The third-order valence-electron chi connectivity index (χ3n) is 3.68. The van der Waals surface area contributed by atoms with Crippen LogP contribution in [0.25, 0.3) is 0 Å². The minimum absolute atomic E-state index is 0. The largest absolute Gasteiger partial charge is 0.475 e. The molecule has 2 N–H and O–H groups in total. The van der Waals surface area contributed by atoms with Crippen molar-refractivity contribution in [1.82, 2.24) is 15.6 Å². The highest BCUT2D eigenvalue weighted by Gasteiger charge is 2.08. The van der Waals surface area contributed by atoms with Gasteiger partial charge in [-0.15, -0.1) is 35.7 Å². The van der Waals surface area contributed by atoms with E-state index in [0.717, 1.165) is 18.1 Å². The van der Waals surface area contributed by atoms with E-state index in [4.69, 9.17) is 9.47 Å². The Labute approximate surface area is 188 Å². The minimum atomic E-state index is 0. The summed E-state index contributed by atoms with van der Waals surface area (Å²) < 4.78 is 10.7. The quantitative estimate of drug-likeness (QED) is 0.166. The molecule has 0 spiro atoms. The number of aromatic nitrogens is 1. The van der Waals surface area contributed by atoms with Gasteiger partial charge >= 0.3 is 0 Å². The average Bonchev–Trinajstić information content (AvgIpc) is 2.70. The Bertz CT molecular complexity index is 704. The van der Waals surface area contributed by atoms with Crippen molar-refractivity contribution in [1.29, 1.82) is 0 Å². The Balaban J connectivity index is 0.00000392. The van der Waals surface area contributed by atoms with Crippen LogP contribution < -0.4 is 15.4 Å². The molecule has 1 aromatic heterocycles. The molecule has 0 amide bonds. The average molecular weight is 516 g/mol. The molecule has 0 aliphatic rings. The van der Waals surface area contributed by atoms with E-state index < -0.39 is 0 Å². The SMILES string of the molecule is CN=C(NCc1cccnc1OCCOC)NCC(C)Sc1ccccc1.I. The summed E-state index contributed by atoms with van der Waals surface area (Å²) in [6.07, 6.45) is 1.72. The maximum Gasteiger partial charge on any atom is 0.218 e. The first-order chi connectivity index (χ1) is 13.2. The number of methoxy groups -OCH3 is 1. The van der Waals surface area contributed by atoms with Gasteiger partial charge in [0, 0.05) is 49.2 Å². The fourth-order valence-electron chi connectivity index (χ4n) is 2.32. The van der Waals surface area contributed by atoms with Gasteiger partial charge in [0.1, 0.15) is 6.61 Å². The Morgan fingerprint density at radius 2 is 1.93 bits per heavy atom. The maximum atomic E-state index is 5.67. The number of halogens is 1. The summed E-state index contributed by atoms with van der Waals surface area (Å²) >= 11 is 1.84. The van der Waals surface area contributed by atoms with Crippen LogP contribution >= 0.6 is 35.7 Å². The summed E-state index contributed by atoms with van der Waals surface area (Å²) in [7, 11) is 3.42. The highest BCUT2D eigenvalue weighted by atomic mass is 127. The summed E-state index contributed by atoms with van der Waals surface area (Å²) in [6, 6.07) is 14.3. The molecule has 0 fully saturated rings. The predicted octanol–water partition coefficient (Wildman–Crippen LogP) is 3.57. The number of benzene rings is 1. The molecule has 2 rings (SSSR count). The third-order valence-corrected chi connectivity index (χ3v) is 4.80. The first-order valence-corrected chi connectivity index (χ1v) is 9.82. The fraction of sp³-hybridized carbons (Fsp3) is 0.400. The molecule has 0 saturated heterocycles. The van der Waals surface area contributed by atoms with Gasteiger partial charge in [-0.25, -0.2) is 4.98 Å². The molecule has 0 radical (unpaired) electrons. The first-order valence-electron chi connectivity index (χ1n) is 8.94. The number of ether oxygens (including phenoxy) is 2. The van der Waals surface area contributed by atoms with E-state index in [1.807, 2.05) is 30.0 Å². The molecule has 1 unspecified atom stereocenters. The normalized spacial score (nSPS) is 12.0. The number of nitrogens with zero attached hydrogens (tertiary/aromatic N) is 2. The second-order valence-corrected chi connectivity index (χ2v) is 7.37. The van der Waals surface area contributed by atoms with Gasteiger partial charge in [-0.2, -0.15) is 0 Å². The van der Waals surface area contributed by atoms with Crippen LogP contribution in [0.5, 0.6) is 5.88 Å². The third kappa shape index (κ3) is 9.11. The molecule has 0 aliphatic carbocycles. The highest BCUT2D eigenvalue weighted by molar-refractivity contribution is 14.0. The highest BCUT2D eigenvalue weighted by Crippen LogP contribution is 2.21. The van der Waals surface area contributed by atoms with Crippen LogP contribution in [0.1, 0.15) is 12.5 Å². The summed E-state index contributed by atoms with van der Waals surface area (Å²) in [5.74, 6) is 1.37. The van der Waals surface area contributed by atoms with Gasteiger partial charge in [0.25, 0.3) is 0 Å². The van der Waals surface area contributed by atoms with Crippen LogP contribution in [0.3, 0.4) is 0 Å². The number of pyridine rings is 1. The maximum absolute atomic E-state index is 5.67. The van der Waals surface area contributed by atoms with Crippen LogP contribution in [0.15, 0.2) is 58.5 Å². The zero-order valence-electron chi connectivity index (χ0n) is 16.6. The number of hydrogen-bond donors (Lipinski definition) is 2. The van der Waals surface area contributed by atoms with Crippen LogP contribution in [0.2, 0.25) is 0 Å². The molecule has 0 bridgehead atoms. The van der Waals surface area contributed by atoms with Gasteiger partial charge in [0.2, 0.25) is 5.88 Å². The predicted molar refractivity (Wildman–Crippen MR) is 127 cm³/mol. The lowest BCUT2D eigenvalue weighted by Crippen LogP contribution is -2.39. The van der Waals surface area contributed by atoms with E-state index in [0.29, 0.717) is 30.9 Å². The first kappa shape index (κ1) is 24.5. The summed E-state index contributed by atoms with van der Waals surface area (Å²) in [4.78, 5) is 9.85. The number of rotatable bonds is 10. The molecule has 2 aromatic rings. The molecular formula is C20H29IN4O2S. The molecule has 6 nitrogen and oxygen atoms in total. The van der Waals surface area contributed by atoms with Crippen molar-refractivity contribution in [3.05, 3.63) is 54.2 Å². The van der Waals surface area contributed by atoms with E-state index in [9.17, 15) is 0 Å². The molecule has 28 heavy (non-hydrogen) atoms. The lowest BCUT2D eigenvalue weighted by Gasteiger charge is -2.16. The van der Waals surface area contributed by atoms with Crippen LogP contribution in [0, 0.1) is 0 Å².